The molecule has 0 aromatic rings. The molecule has 0 unspecified atom stereocenters. The summed E-state index contributed by atoms with van der Waals surface area (Å²) in [7, 11) is -0.706. The molecule has 0 aliphatic carbocycles. The zero-order valence-electron chi connectivity index (χ0n) is 12.0. The van der Waals surface area contributed by atoms with Crippen LogP contribution in [0.25, 0.3) is 0 Å². The maximum atomic E-state index is 11.5. The van der Waals surface area contributed by atoms with Gasteiger partial charge in [0.2, 0.25) is 0 Å². The number of hydrogen-bond acceptors (Lipinski definition) is 9. The number of aliphatic hydroxyl groups excluding tert-OH is 3. The van der Waals surface area contributed by atoms with Gasteiger partial charge in [-0.2, -0.15) is 0 Å². The Balaban J connectivity index is 2.77. The Morgan fingerprint density at radius 2 is 1.67 bits per heavy atom. The van der Waals surface area contributed by atoms with Crippen molar-refractivity contribution in [2.45, 2.75) is 44.6 Å². The van der Waals surface area contributed by atoms with Crippen molar-refractivity contribution in [2.24, 2.45) is 0 Å². The molecule has 0 saturated carbocycles. The molecule has 0 bridgehead atoms. The van der Waals surface area contributed by atoms with Gasteiger partial charge in [-0.3, -0.25) is 4.52 Å². The maximum Gasteiger partial charge on any atom is 0.337 e. The zero-order valence-corrected chi connectivity index (χ0v) is 12.9. The first-order chi connectivity index (χ1) is 9.96. The van der Waals surface area contributed by atoms with Gasteiger partial charge in [0, 0.05) is 0 Å². The minimum absolute atomic E-state index is 0.306. The molecular weight excluding hydrogens is 307 g/mol. The first kappa shape index (κ1) is 18.7. The zero-order chi connectivity index (χ0) is 16.0. The number of ether oxygens (including phenoxy) is 2. The van der Waals surface area contributed by atoms with E-state index in [1.54, 1.807) is 13.8 Å². The molecule has 0 amide bonds. The van der Waals surface area contributed by atoms with Crippen LogP contribution in [0.15, 0.2) is 0 Å². The summed E-state index contributed by atoms with van der Waals surface area (Å²) in [6, 6.07) is 0. The third-order valence-corrected chi connectivity index (χ3v) is 3.98. The number of carbonyl (C=O) groups is 1. The topological polar surface area (TPSA) is 124 Å². The Kier molecular flexibility index (Phi) is 7.93. The molecule has 0 radical (unpaired) electrons. The fraction of sp³-hybridized carbons (Fsp3) is 0.909. The van der Waals surface area contributed by atoms with Gasteiger partial charge in [-0.1, -0.05) is 0 Å². The molecule has 0 aromatic carbocycles. The lowest BCUT2D eigenvalue weighted by Crippen LogP contribution is -2.60. The lowest BCUT2D eigenvalue weighted by molar-refractivity contribution is -0.273. The summed E-state index contributed by atoms with van der Waals surface area (Å²) in [5.74, 6) is -0.890. The number of aliphatic hydroxyl groups is 3. The van der Waals surface area contributed by atoms with Crippen LogP contribution in [0.5, 0.6) is 0 Å². The van der Waals surface area contributed by atoms with E-state index in [1.165, 1.54) is 0 Å². The molecule has 10 heteroatoms. The predicted octanol–water partition coefficient (Wildman–Crippen LogP) is -0.717. The summed E-state index contributed by atoms with van der Waals surface area (Å²) < 4.78 is 25.3. The monoisotopic (exact) mass is 328 g/mol. The molecule has 1 fully saturated rings. The van der Waals surface area contributed by atoms with E-state index in [-0.39, 0.29) is 0 Å². The summed E-state index contributed by atoms with van der Waals surface area (Å²) in [4.78, 5) is 11.5. The second-order valence-corrected chi connectivity index (χ2v) is 5.26. The van der Waals surface area contributed by atoms with Crippen LogP contribution in [0.2, 0.25) is 0 Å². The Bertz CT molecular complexity index is 323. The summed E-state index contributed by atoms with van der Waals surface area (Å²) in [6.45, 7) is 4.07. The van der Waals surface area contributed by atoms with Gasteiger partial charge in [0.25, 0.3) is 0 Å². The van der Waals surface area contributed by atoms with E-state index in [2.05, 4.69) is 4.74 Å². The second kappa shape index (κ2) is 8.92. The van der Waals surface area contributed by atoms with Gasteiger partial charge < -0.3 is 33.8 Å². The minimum atomic E-state index is -1.82. The molecule has 3 N–H and O–H groups in total. The van der Waals surface area contributed by atoms with Gasteiger partial charge in [-0.25, -0.2) is 4.79 Å². The molecule has 1 rings (SSSR count). The summed E-state index contributed by atoms with van der Waals surface area (Å²) >= 11 is 0. The Labute approximate surface area is 123 Å². The summed E-state index contributed by atoms with van der Waals surface area (Å²) in [5, 5.41) is 29.3. The van der Waals surface area contributed by atoms with Gasteiger partial charge in [-0.05, 0) is 13.8 Å². The van der Waals surface area contributed by atoms with Crippen LogP contribution in [-0.4, -0.2) is 72.3 Å². The molecule has 124 valence electrons. The first-order valence-corrected chi connectivity index (χ1v) is 7.55. The standard InChI is InChI=1S/C11H21O9P/c1-4-17-21(18-5-2)20-11-8(14)6(12)7(13)9(19-11)10(15)16-3/h6-9,11-14H,4-5H2,1-3H3/t6-,7-,8+,9-,11+/m0/s1. The third-order valence-electron chi connectivity index (χ3n) is 2.66. The van der Waals surface area contributed by atoms with Crippen molar-refractivity contribution < 1.29 is 43.2 Å². The summed E-state index contributed by atoms with van der Waals surface area (Å²) in [5.41, 5.74) is 0. The molecule has 21 heavy (non-hydrogen) atoms. The largest absolute Gasteiger partial charge is 0.467 e. The number of esters is 1. The molecule has 0 aromatic heterocycles. The van der Waals surface area contributed by atoms with Crippen molar-refractivity contribution in [1.29, 1.82) is 0 Å². The van der Waals surface area contributed by atoms with Crippen molar-refractivity contribution in [3.05, 3.63) is 0 Å². The highest BCUT2D eigenvalue weighted by Gasteiger charge is 2.49. The van der Waals surface area contributed by atoms with Crippen LogP contribution >= 0.6 is 8.60 Å². The highest BCUT2D eigenvalue weighted by atomic mass is 31.2. The van der Waals surface area contributed by atoms with Crippen LogP contribution < -0.4 is 0 Å². The second-order valence-electron chi connectivity index (χ2n) is 4.08. The Hall–Kier alpha value is -0.380. The number of hydrogen-bond donors (Lipinski definition) is 3. The fourth-order valence-corrected chi connectivity index (χ4v) is 2.60. The van der Waals surface area contributed by atoms with Crippen LogP contribution in [0.4, 0.5) is 0 Å². The fourth-order valence-electron chi connectivity index (χ4n) is 1.64. The van der Waals surface area contributed by atoms with E-state index < -0.39 is 45.3 Å². The summed E-state index contributed by atoms with van der Waals surface area (Å²) in [6.07, 6.45) is -7.69. The van der Waals surface area contributed by atoms with Crippen LogP contribution in [0.1, 0.15) is 13.8 Å². The molecule has 5 atom stereocenters. The van der Waals surface area contributed by atoms with Crippen LogP contribution in [-0.2, 0) is 27.8 Å². The maximum absolute atomic E-state index is 11.5. The van der Waals surface area contributed by atoms with Crippen molar-refractivity contribution in [2.75, 3.05) is 20.3 Å². The normalized spacial score (nSPS) is 33.2. The average Bonchev–Trinajstić information content (AvgIpc) is 2.47. The van der Waals surface area contributed by atoms with Gasteiger partial charge in [-0.15, -0.1) is 0 Å². The van der Waals surface area contributed by atoms with Gasteiger partial charge in [0.15, 0.2) is 12.4 Å². The van der Waals surface area contributed by atoms with Crippen LogP contribution in [0.3, 0.4) is 0 Å². The molecule has 1 saturated heterocycles. The Morgan fingerprint density at radius 1 is 1.10 bits per heavy atom. The SMILES string of the molecule is CCOP(OCC)O[C@H]1O[C@H](C(=O)OC)[C@@H](O)[C@H](O)[C@H]1O. The van der Waals surface area contributed by atoms with E-state index >= 15 is 0 Å². The quantitative estimate of drug-likeness (QED) is 0.410. The first-order valence-electron chi connectivity index (χ1n) is 6.46. The van der Waals surface area contributed by atoms with Gasteiger partial charge >= 0.3 is 14.6 Å². The van der Waals surface area contributed by atoms with E-state index in [0.29, 0.717) is 13.2 Å². The molecular formula is C11H21O9P. The van der Waals surface area contributed by atoms with Crippen molar-refractivity contribution in [3.8, 4) is 0 Å². The lowest BCUT2D eigenvalue weighted by atomic mass is 9.99. The predicted molar refractivity (Wildman–Crippen MR) is 70.0 cm³/mol. The van der Waals surface area contributed by atoms with Crippen molar-refractivity contribution in [3.63, 3.8) is 0 Å². The van der Waals surface area contributed by atoms with Gasteiger partial charge in [0.1, 0.15) is 18.3 Å². The highest BCUT2D eigenvalue weighted by molar-refractivity contribution is 7.41. The van der Waals surface area contributed by atoms with E-state index in [0.717, 1.165) is 7.11 Å². The van der Waals surface area contributed by atoms with E-state index in [1.807, 2.05) is 0 Å². The van der Waals surface area contributed by atoms with Crippen LogP contribution in [0, 0.1) is 0 Å². The van der Waals surface area contributed by atoms with E-state index in [4.69, 9.17) is 18.3 Å². The molecule has 9 nitrogen and oxygen atoms in total. The van der Waals surface area contributed by atoms with Crippen molar-refractivity contribution in [1.82, 2.24) is 0 Å². The number of rotatable bonds is 7. The van der Waals surface area contributed by atoms with Gasteiger partial charge in [0.05, 0.1) is 20.3 Å². The average molecular weight is 328 g/mol. The molecule has 0 spiro atoms. The smallest absolute Gasteiger partial charge is 0.337 e. The molecule has 1 heterocycles. The molecule has 1 aliphatic rings. The minimum Gasteiger partial charge on any atom is -0.467 e. The van der Waals surface area contributed by atoms with Crippen molar-refractivity contribution >= 4 is 14.6 Å². The third kappa shape index (κ3) is 4.80. The number of carbonyl (C=O) groups excluding carboxylic acids is 1. The number of methoxy groups -OCH3 is 1. The molecule has 1 aliphatic heterocycles. The highest BCUT2D eigenvalue weighted by Crippen LogP contribution is 2.43. The Morgan fingerprint density at radius 3 is 2.14 bits per heavy atom. The lowest BCUT2D eigenvalue weighted by Gasteiger charge is -2.39. The van der Waals surface area contributed by atoms with E-state index in [9.17, 15) is 20.1 Å².